The highest BCUT2D eigenvalue weighted by atomic mass is 32.1. The monoisotopic (exact) mass is 485 g/mol. The third-order valence-corrected chi connectivity index (χ3v) is 8.59. The Balaban J connectivity index is 1.13. The summed E-state index contributed by atoms with van der Waals surface area (Å²) in [6, 6.07) is 18.7. The fraction of sp³-hybridized carbons (Fsp3) is 0.379. The molecule has 1 atom stereocenters. The van der Waals surface area contributed by atoms with Crippen molar-refractivity contribution in [3.05, 3.63) is 81.5 Å². The van der Waals surface area contributed by atoms with E-state index in [-0.39, 0.29) is 11.8 Å². The lowest BCUT2D eigenvalue weighted by molar-refractivity contribution is 0.0663. The number of fused-ring (bicyclic) bond motifs is 1. The topological polar surface area (TPSA) is 43.9 Å². The van der Waals surface area contributed by atoms with Crippen LogP contribution in [0, 0.1) is 0 Å². The number of nitrogens with zero attached hydrogens (tertiary/aromatic N) is 3. The molecule has 3 aliphatic rings. The normalized spacial score (nSPS) is 20.5. The van der Waals surface area contributed by atoms with E-state index >= 15 is 0 Å². The maximum atomic E-state index is 13.4. The summed E-state index contributed by atoms with van der Waals surface area (Å²) in [5.74, 6) is 0.304. The van der Waals surface area contributed by atoms with Crippen LogP contribution in [0.15, 0.2) is 60.0 Å². The third-order valence-electron chi connectivity index (χ3n) is 7.72. The van der Waals surface area contributed by atoms with Gasteiger partial charge in [0.1, 0.15) is 0 Å². The molecule has 2 fully saturated rings. The van der Waals surface area contributed by atoms with Crippen LogP contribution in [-0.4, -0.2) is 65.3 Å². The molecule has 2 saturated heterocycles. The molecule has 0 bridgehead atoms. The largest absolute Gasteiger partial charge is 0.339 e. The van der Waals surface area contributed by atoms with E-state index in [2.05, 4.69) is 39.4 Å². The fourth-order valence-corrected chi connectivity index (χ4v) is 6.52. The average Bonchev–Trinajstić information content (AvgIpc) is 3.68. The average molecular weight is 486 g/mol. The predicted molar refractivity (Wildman–Crippen MR) is 140 cm³/mol. The summed E-state index contributed by atoms with van der Waals surface area (Å²) in [6.07, 6.45) is 4.14. The molecule has 4 heterocycles. The van der Waals surface area contributed by atoms with E-state index in [0.717, 1.165) is 92.8 Å². The van der Waals surface area contributed by atoms with Gasteiger partial charge in [-0.25, -0.2) is 0 Å². The standard InChI is InChI=1S/C29H31N3O2S/c33-28(31-13-1-2-14-31)22-7-5-21(6-8-22)23-9-10-27-24(18-23)11-16-32(29(27)34)25-12-15-30(19-25)20-26-4-3-17-35-26/h3-10,17-18,25H,1-2,11-16,19-20H2/t25-/m0/s1. The van der Waals surface area contributed by atoms with Gasteiger partial charge in [-0.15, -0.1) is 11.3 Å². The summed E-state index contributed by atoms with van der Waals surface area (Å²) in [5, 5.41) is 2.13. The number of carbonyl (C=O) groups is 2. The van der Waals surface area contributed by atoms with Crippen molar-refractivity contribution in [1.82, 2.24) is 14.7 Å². The molecular formula is C29H31N3O2S. The highest BCUT2D eigenvalue weighted by molar-refractivity contribution is 7.09. The van der Waals surface area contributed by atoms with E-state index in [0.29, 0.717) is 6.04 Å². The molecule has 0 aliphatic carbocycles. The van der Waals surface area contributed by atoms with E-state index < -0.39 is 0 Å². The molecule has 3 aliphatic heterocycles. The molecule has 0 N–H and O–H groups in total. The van der Waals surface area contributed by atoms with Gasteiger partial charge >= 0.3 is 0 Å². The molecule has 0 radical (unpaired) electrons. The van der Waals surface area contributed by atoms with E-state index in [4.69, 9.17) is 0 Å². The van der Waals surface area contributed by atoms with E-state index in [1.165, 1.54) is 4.88 Å². The lowest BCUT2D eigenvalue weighted by Crippen LogP contribution is -2.45. The van der Waals surface area contributed by atoms with Gasteiger partial charge in [0.15, 0.2) is 0 Å². The second-order valence-corrected chi connectivity index (χ2v) is 11.0. The zero-order valence-corrected chi connectivity index (χ0v) is 20.8. The van der Waals surface area contributed by atoms with E-state index in [1.807, 2.05) is 35.2 Å². The minimum Gasteiger partial charge on any atom is -0.339 e. The fourth-order valence-electron chi connectivity index (χ4n) is 5.78. The van der Waals surface area contributed by atoms with Crippen LogP contribution in [0.3, 0.4) is 0 Å². The Kier molecular flexibility index (Phi) is 6.17. The van der Waals surface area contributed by atoms with Gasteiger partial charge < -0.3 is 9.80 Å². The number of benzene rings is 2. The Hall–Kier alpha value is -2.96. The van der Waals surface area contributed by atoms with Crippen molar-refractivity contribution in [2.75, 3.05) is 32.7 Å². The highest BCUT2D eigenvalue weighted by Gasteiger charge is 2.34. The van der Waals surface area contributed by atoms with Crippen LogP contribution in [0.25, 0.3) is 11.1 Å². The number of rotatable bonds is 5. The van der Waals surface area contributed by atoms with Crippen LogP contribution >= 0.6 is 11.3 Å². The molecule has 6 rings (SSSR count). The van der Waals surface area contributed by atoms with Gasteiger partial charge in [-0.05, 0) is 72.0 Å². The van der Waals surface area contributed by atoms with Crippen molar-refractivity contribution in [1.29, 1.82) is 0 Å². The van der Waals surface area contributed by atoms with Crippen LogP contribution in [0.5, 0.6) is 0 Å². The van der Waals surface area contributed by atoms with Gasteiger partial charge in [-0.3, -0.25) is 14.5 Å². The number of likely N-dealkylation sites (tertiary alicyclic amines) is 2. The minimum atomic E-state index is 0.131. The number of hydrogen-bond donors (Lipinski definition) is 0. The minimum absolute atomic E-state index is 0.131. The number of thiophene rings is 1. The first kappa shape index (κ1) is 22.5. The molecule has 2 aromatic carbocycles. The molecule has 0 unspecified atom stereocenters. The first-order valence-electron chi connectivity index (χ1n) is 12.7. The summed E-state index contributed by atoms with van der Waals surface area (Å²) in [5.41, 5.74) is 4.92. The Morgan fingerprint density at radius 3 is 2.51 bits per heavy atom. The predicted octanol–water partition coefficient (Wildman–Crippen LogP) is 4.92. The van der Waals surface area contributed by atoms with Gasteiger partial charge in [0.25, 0.3) is 11.8 Å². The summed E-state index contributed by atoms with van der Waals surface area (Å²) in [7, 11) is 0. The van der Waals surface area contributed by atoms with Gasteiger partial charge in [0.2, 0.25) is 0 Å². The zero-order valence-electron chi connectivity index (χ0n) is 20.0. The Labute approximate surface area is 211 Å². The van der Waals surface area contributed by atoms with Crippen molar-refractivity contribution < 1.29 is 9.59 Å². The SMILES string of the molecule is O=C(c1ccc(-c2ccc3c(c2)CCN([C@H]2CCN(Cc4cccs4)C2)C3=O)cc1)N1CCCC1. The van der Waals surface area contributed by atoms with Crippen molar-refractivity contribution in [2.24, 2.45) is 0 Å². The summed E-state index contributed by atoms with van der Waals surface area (Å²) in [6.45, 7) is 5.51. The molecule has 6 heteroatoms. The van der Waals surface area contributed by atoms with E-state index in [1.54, 1.807) is 11.3 Å². The van der Waals surface area contributed by atoms with Crippen LogP contribution in [0.2, 0.25) is 0 Å². The Morgan fingerprint density at radius 2 is 1.74 bits per heavy atom. The van der Waals surface area contributed by atoms with E-state index in [9.17, 15) is 9.59 Å². The first-order valence-corrected chi connectivity index (χ1v) is 13.6. The first-order chi connectivity index (χ1) is 17.2. The zero-order chi connectivity index (χ0) is 23.8. The molecule has 3 aromatic rings. The lowest BCUT2D eigenvalue weighted by Gasteiger charge is -2.34. The van der Waals surface area contributed by atoms with Gasteiger partial charge in [0, 0.05) is 61.3 Å². The van der Waals surface area contributed by atoms with Crippen molar-refractivity contribution in [3.8, 4) is 11.1 Å². The summed E-state index contributed by atoms with van der Waals surface area (Å²) < 4.78 is 0. The van der Waals surface area contributed by atoms with Gasteiger partial charge in [0.05, 0.1) is 0 Å². The maximum Gasteiger partial charge on any atom is 0.254 e. The maximum absolute atomic E-state index is 13.4. The molecule has 0 spiro atoms. The number of amides is 2. The van der Waals surface area contributed by atoms with Gasteiger partial charge in [-0.1, -0.05) is 30.3 Å². The molecule has 5 nitrogen and oxygen atoms in total. The summed E-state index contributed by atoms with van der Waals surface area (Å²) in [4.78, 5) is 33.9. The Morgan fingerprint density at radius 1 is 0.943 bits per heavy atom. The highest BCUT2D eigenvalue weighted by Crippen LogP contribution is 2.30. The number of hydrogen-bond acceptors (Lipinski definition) is 4. The smallest absolute Gasteiger partial charge is 0.254 e. The quantitative estimate of drug-likeness (QED) is 0.515. The number of carbonyl (C=O) groups excluding carboxylic acids is 2. The van der Waals surface area contributed by atoms with Crippen LogP contribution in [0.1, 0.15) is 50.4 Å². The third kappa shape index (κ3) is 4.53. The second-order valence-electron chi connectivity index (χ2n) is 9.95. The molecule has 2 amide bonds. The second kappa shape index (κ2) is 9.59. The van der Waals surface area contributed by atoms with Crippen molar-refractivity contribution >= 4 is 23.2 Å². The van der Waals surface area contributed by atoms with Crippen molar-refractivity contribution in [2.45, 2.75) is 38.3 Å². The molecule has 180 valence electrons. The molecule has 1 aromatic heterocycles. The summed E-state index contributed by atoms with van der Waals surface area (Å²) >= 11 is 1.80. The Bertz CT molecular complexity index is 1220. The van der Waals surface area contributed by atoms with Gasteiger partial charge in [-0.2, -0.15) is 0 Å². The van der Waals surface area contributed by atoms with Crippen LogP contribution < -0.4 is 0 Å². The molecule has 0 saturated carbocycles. The van der Waals surface area contributed by atoms with Crippen LogP contribution in [0.4, 0.5) is 0 Å². The molecular weight excluding hydrogens is 454 g/mol. The molecule has 35 heavy (non-hydrogen) atoms. The van der Waals surface area contributed by atoms with Crippen LogP contribution in [-0.2, 0) is 13.0 Å². The lowest BCUT2D eigenvalue weighted by atomic mass is 9.93. The van der Waals surface area contributed by atoms with Crippen molar-refractivity contribution in [3.63, 3.8) is 0 Å².